The molecule has 6 heteroatoms. The van der Waals surface area contributed by atoms with Crippen LogP contribution in [-0.4, -0.2) is 43.7 Å². The Kier molecular flexibility index (Phi) is 4.14. The predicted molar refractivity (Wildman–Crippen MR) is 85.5 cm³/mol. The number of anilines is 1. The van der Waals surface area contributed by atoms with Crippen LogP contribution in [0.25, 0.3) is 10.8 Å². The highest BCUT2D eigenvalue weighted by molar-refractivity contribution is 6.00. The molecule has 0 radical (unpaired) electrons. The number of ether oxygens (including phenoxy) is 2. The van der Waals surface area contributed by atoms with Crippen molar-refractivity contribution < 1.29 is 19.1 Å². The zero-order chi connectivity index (χ0) is 16.4. The van der Waals surface area contributed by atoms with Gasteiger partial charge < -0.3 is 14.4 Å². The van der Waals surface area contributed by atoms with E-state index in [0.29, 0.717) is 11.4 Å². The number of rotatable bonds is 3. The van der Waals surface area contributed by atoms with E-state index in [4.69, 9.17) is 9.47 Å². The molecule has 0 aliphatic carbocycles. The van der Waals surface area contributed by atoms with Crippen molar-refractivity contribution in [3.05, 3.63) is 36.0 Å². The number of pyridine rings is 1. The Balaban J connectivity index is 2.09. The van der Waals surface area contributed by atoms with Crippen LogP contribution < -0.4 is 4.90 Å². The average Bonchev–Trinajstić information content (AvgIpc) is 3.08. The number of benzene rings is 1. The van der Waals surface area contributed by atoms with Crippen molar-refractivity contribution in [2.75, 3.05) is 25.7 Å². The van der Waals surface area contributed by atoms with Crippen LogP contribution in [0.2, 0.25) is 0 Å². The first-order valence-corrected chi connectivity index (χ1v) is 7.47. The Hall–Kier alpha value is -2.63. The molecule has 2 aromatic rings. The average molecular weight is 314 g/mol. The molecule has 6 nitrogen and oxygen atoms in total. The fraction of sp³-hybridized carbons (Fsp3) is 0.353. The van der Waals surface area contributed by atoms with Crippen molar-refractivity contribution in [2.45, 2.75) is 18.9 Å². The molecular weight excluding hydrogens is 296 g/mol. The molecule has 2 heterocycles. The topological polar surface area (TPSA) is 68.7 Å². The standard InChI is InChI=1S/C17H18N2O4/c1-22-16(20)12-6-5-11-7-8-18-15(13(11)10-12)19-9-3-4-14(19)17(21)23-2/h5-8,10,14H,3-4,9H2,1-2H3. The van der Waals surface area contributed by atoms with Crippen molar-refractivity contribution in [1.29, 1.82) is 0 Å². The van der Waals surface area contributed by atoms with E-state index in [1.165, 1.54) is 14.2 Å². The van der Waals surface area contributed by atoms with Gasteiger partial charge in [0.2, 0.25) is 0 Å². The first kappa shape index (κ1) is 15.3. The molecule has 3 rings (SSSR count). The van der Waals surface area contributed by atoms with Gasteiger partial charge in [-0.2, -0.15) is 0 Å². The molecule has 1 aromatic carbocycles. The number of nitrogens with zero attached hydrogens (tertiary/aromatic N) is 2. The van der Waals surface area contributed by atoms with E-state index in [2.05, 4.69) is 4.98 Å². The summed E-state index contributed by atoms with van der Waals surface area (Å²) in [7, 11) is 2.75. The van der Waals surface area contributed by atoms with Gasteiger partial charge in [0, 0.05) is 18.1 Å². The summed E-state index contributed by atoms with van der Waals surface area (Å²) in [6, 6.07) is 6.88. The normalized spacial score (nSPS) is 17.3. The van der Waals surface area contributed by atoms with Crippen LogP contribution >= 0.6 is 0 Å². The molecule has 0 saturated carbocycles. The van der Waals surface area contributed by atoms with Crippen molar-refractivity contribution >= 4 is 28.5 Å². The van der Waals surface area contributed by atoms with Crippen LogP contribution in [0.4, 0.5) is 5.82 Å². The third-order valence-corrected chi connectivity index (χ3v) is 4.16. The second kappa shape index (κ2) is 6.24. The molecule has 0 amide bonds. The van der Waals surface area contributed by atoms with Gasteiger partial charge in [-0.3, -0.25) is 0 Å². The van der Waals surface area contributed by atoms with Gasteiger partial charge in [0.1, 0.15) is 11.9 Å². The lowest BCUT2D eigenvalue weighted by atomic mass is 10.1. The fourth-order valence-corrected chi connectivity index (χ4v) is 3.03. The number of carbonyl (C=O) groups is 2. The third kappa shape index (κ3) is 2.72. The molecule has 0 bridgehead atoms. The van der Waals surface area contributed by atoms with Crippen LogP contribution in [0.5, 0.6) is 0 Å². The van der Waals surface area contributed by atoms with Crippen LogP contribution in [-0.2, 0) is 14.3 Å². The minimum absolute atomic E-state index is 0.259. The third-order valence-electron chi connectivity index (χ3n) is 4.16. The summed E-state index contributed by atoms with van der Waals surface area (Å²) in [5.74, 6) is 0.0409. The van der Waals surface area contributed by atoms with Crippen molar-refractivity contribution in [2.24, 2.45) is 0 Å². The van der Waals surface area contributed by atoms with E-state index in [-0.39, 0.29) is 12.0 Å². The molecule has 1 aromatic heterocycles. The van der Waals surface area contributed by atoms with E-state index >= 15 is 0 Å². The number of esters is 2. The zero-order valence-electron chi connectivity index (χ0n) is 13.1. The molecule has 120 valence electrons. The molecule has 1 atom stereocenters. The van der Waals surface area contributed by atoms with Gasteiger partial charge in [-0.1, -0.05) is 6.07 Å². The highest BCUT2D eigenvalue weighted by Gasteiger charge is 2.33. The Morgan fingerprint density at radius 1 is 1.22 bits per heavy atom. The molecule has 1 fully saturated rings. The minimum Gasteiger partial charge on any atom is -0.467 e. The molecule has 1 saturated heterocycles. The molecule has 1 aliphatic heterocycles. The summed E-state index contributed by atoms with van der Waals surface area (Å²) in [5.41, 5.74) is 0.461. The van der Waals surface area contributed by atoms with Gasteiger partial charge >= 0.3 is 11.9 Å². The number of methoxy groups -OCH3 is 2. The first-order chi connectivity index (χ1) is 11.2. The van der Waals surface area contributed by atoms with Gasteiger partial charge in [0.05, 0.1) is 19.8 Å². The van der Waals surface area contributed by atoms with Crippen molar-refractivity contribution in [3.8, 4) is 0 Å². The summed E-state index contributed by atoms with van der Waals surface area (Å²) in [4.78, 5) is 30.2. The lowest BCUT2D eigenvalue weighted by Gasteiger charge is -2.25. The lowest BCUT2D eigenvalue weighted by molar-refractivity contribution is -0.141. The zero-order valence-corrected chi connectivity index (χ0v) is 13.1. The second-order valence-electron chi connectivity index (χ2n) is 5.44. The number of aromatic nitrogens is 1. The number of hydrogen-bond acceptors (Lipinski definition) is 6. The quantitative estimate of drug-likeness (QED) is 0.809. The van der Waals surface area contributed by atoms with Crippen LogP contribution in [0, 0.1) is 0 Å². The number of hydrogen-bond donors (Lipinski definition) is 0. The number of carbonyl (C=O) groups excluding carboxylic acids is 2. The summed E-state index contributed by atoms with van der Waals surface area (Å²) >= 11 is 0. The SMILES string of the molecule is COC(=O)c1ccc2ccnc(N3CCCC3C(=O)OC)c2c1. The largest absolute Gasteiger partial charge is 0.467 e. The minimum atomic E-state index is -0.396. The second-order valence-corrected chi connectivity index (χ2v) is 5.44. The van der Waals surface area contributed by atoms with E-state index in [1.54, 1.807) is 18.3 Å². The van der Waals surface area contributed by atoms with E-state index < -0.39 is 5.97 Å². The van der Waals surface area contributed by atoms with E-state index in [1.807, 2.05) is 17.0 Å². The summed E-state index contributed by atoms with van der Waals surface area (Å²) < 4.78 is 9.68. The predicted octanol–water partition coefficient (Wildman–Crippen LogP) is 2.16. The van der Waals surface area contributed by atoms with Crippen LogP contribution in [0.1, 0.15) is 23.2 Å². The maximum absolute atomic E-state index is 12.0. The summed E-state index contributed by atoms with van der Waals surface area (Å²) in [5, 5.41) is 1.78. The highest BCUT2D eigenvalue weighted by Crippen LogP contribution is 2.31. The monoisotopic (exact) mass is 314 g/mol. The first-order valence-electron chi connectivity index (χ1n) is 7.47. The van der Waals surface area contributed by atoms with Crippen molar-refractivity contribution in [3.63, 3.8) is 0 Å². The summed E-state index contributed by atoms with van der Waals surface area (Å²) in [6.07, 6.45) is 3.35. The van der Waals surface area contributed by atoms with Gasteiger partial charge in [-0.15, -0.1) is 0 Å². The molecule has 23 heavy (non-hydrogen) atoms. The smallest absolute Gasteiger partial charge is 0.337 e. The van der Waals surface area contributed by atoms with Crippen molar-refractivity contribution in [1.82, 2.24) is 4.98 Å². The Labute approximate surface area is 134 Å². The van der Waals surface area contributed by atoms with E-state index in [9.17, 15) is 9.59 Å². The lowest BCUT2D eigenvalue weighted by Crippen LogP contribution is -2.37. The Morgan fingerprint density at radius 3 is 2.78 bits per heavy atom. The molecule has 0 N–H and O–H groups in total. The van der Waals surface area contributed by atoms with Gasteiger partial charge in [0.25, 0.3) is 0 Å². The number of fused-ring (bicyclic) bond motifs is 1. The van der Waals surface area contributed by atoms with Gasteiger partial charge in [-0.05, 0) is 36.4 Å². The van der Waals surface area contributed by atoms with Crippen LogP contribution in [0.3, 0.4) is 0 Å². The summed E-state index contributed by atoms with van der Waals surface area (Å²) in [6.45, 7) is 0.730. The van der Waals surface area contributed by atoms with Crippen LogP contribution in [0.15, 0.2) is 30.5 Å². The molecule has 1 aliphatic rings. The molecule has 1 unspecified atom stereocenters. The maximum atomic E-state index is 12.0. The van der Waals surface area contributed by atoms with Gasteiger partial charge in [0.15, 0.2) is 0 Å². The van der Waals surface area contributed by atoms with E-state index in [0.717, 1.165) is 30.2 Å². The Morgan fingerprint density at radius 2 is 2.04 bits per heavy atom. The maximum Gasteiger partial charge on any atom is 0.337 e. The Bertz CT molecular complexity index is 759. The molecular formula is C17H18N2O4. The van der Waals surface area contributed by atoms with Gasteiger partial charge in [-0.25, -0.2) is 14.6 Å². The highest BCUT2D eigenvalue weighted by atomic mass is 16.5. The fourth-order valence-electron chi connectivity index (χ4n) is 3.03. The molecule has 0 spiro atoms.